The van der Waals surface area contributed by atoms with Crippen molar-refractivity contribution in [3.05, 3.63) is 16.7 Å². The number of alkyl halides is 1. The Morgan fingerprint density at radius 1 is 1.57 bits per heavy atom. The topological polar surface area (TPSA) is 71.5 Å². The van der Waals surface area contributed by atoms with Gasteiger partial charge in [0.2, 0.25) is 16.8 Å². The lowest BCUT2D eigenvalue weighted by Gasteiger charge is -2.15. The Kier molecular flexibility index (Phi) is 6.19. The van der Waals surface area contributed by atoms with E-state index in [1.807, 2.05) is 0 Å². The standard InChI is InChI=1S/C12H17BrFN3O3S/c13-9-6-11(16-21(18)19)12(15-7-9)20-5-1-3-17-4-2-10(14)8-17/h6-7,10,21H,1-5,8H2,(H,16,18,19). The summed E-state index contributed by atoms with van der Waals surface area (Å²) >= 11 is 3.22. The molecule has 1 fully saturated rings. The Labute approximate surface area is 132 Å². The summed E-state index contributed by atoms with van der Waals surface area (Å²) in [5.74, 6) is 0.238. The van der Waals surface area contributed by atoms with Gasteiger partial charge in [-0.1, -0.05) is 0 Å². The van der Waals surface area contributed by atoms with Gasteiger partial charge in [-0.3, -0.25) is 4.72 Å². The van der Waals surface area contributed by atoms with Gasteiger partial charge in [0.25, 0.3) is 0 Å². The molecule has 1 N–H and O–H groups in total. The SMILES string of the molecule is O=[SH](=O)Nc1cc(Br)cnc1OCCCN1CCC(F)C1. The minimum absolute atomic E-state index is 0.238. The van der Waals surface area contributed by atoms with E-state index >= 15 is 0 Å². The molecule has 0 spiro atoms. The van der Waals surface area contributed by atoms with Crippen LogP contribution in [0, 0.1) is 0 Å². The minimum atomic E-state index is -2.78. The van der Waals surface area contributed by atoms with Crippen LogP contribution in [0.5, 0.6) is 5.88 Å². The van der Waals surface area contributed by atoms with Gasteiger partial charge in [0.05, 0.1) is 6.61 Å². The third-order valence-corrected chi connectivity index (χ3v) is 3.96. The average Bonchev–Trinajstić information content (AvgIpc) is 2.82. The van der Waals surface area contributed by atoms with Crippen molar-refractivity contribution in [2.75, 3.05) is 31.0 Å². The molecule has 1 aromatic heterocycles. The van der Waals surface area contributed by atoms with Gasteiger partial charge < -0.3 is 9.64 Å². The van der Waals surface area contributed by atoms with E-state index in [0.29, 0.717) is 29.7 Å². The van der Waals surface area contributed by atoms with Crippen LogP contribution in [0.15, 0.2) is 16.7 Å². The van der Waals surface area contributed by atoms with Crippen molar-refractivity contribution in [2.24, 2.45) is 0 Å². The van der Waals surface area contributed by atoms with Crippen LogP contribution in [0.2, 0.25) is 0 Å². The highest BCUT2D eigenvalue weighted by atomic mass is 79.9. The maximum atomic E-state index is 13.0. The van der Waals surface area contributed by atoms with E-state index in [4.69, 9.17) is 4.74 Å². The molecule has 0 amide bonds. The second-order valence-corrected chi connectivity index (χ2v) is 6.42. The van der Waals surface area contributed by atoms with Crippen LogP contribution < -0.4 is 9.46 Å². The van der Waals surface area contributed by atoms with Crippen molar-refractivity contribution < 1.29 is 17.5 Å². The Morgan fingerprint density at radius 3 is 3.05 bits per heavy atom. The number of aromatic nitrogens is 1. The quantitative estimate of drug-likeness (QED) is 0.554. The van der Waals surface area contributed by atoms with Crippen LogP contribution in [-0.4, -0.2) is 50.7 Å². The highest BCUT2D eigenvalue weighted by Crippen LogP contribution is 2.25. The Bertz CT molecular complexity index is 551. The monoisotopic (exact) mass is 381 g/mol. The van der Waals surface area contributed by atoms with Crippen molar-refractivity contribution in [3.8, 4) is 5.88 Å². The molecule has 0 aromatic carbocycles. The molecule has 0 saturated carbocycles. The Morgan fingerprint density at radius 2 is 2.38 bits per heavy atom. The fourth-order valence-electron chi connectivity index (χ4n) is 2.17. The first-order valence-corrected chi connectivity index (χ1v) is 8.57. The number of pyridine rings is 1. The third kappa shape index (κ3) is 5.40. The van der Waals surface area contributed by atoms with Crippen LogP contribution in [0.4, 0.5) is 10.1 Å². The Balaban J connectivity index is 1.82. The number of ether oxygens (including phenoxy) is 1. The molecule has 2 heterocycles. The lowest BCUT2D eigenvalue weighted by molar-refractivity contribution is 0.245. The molecule has 0 radical (unpaired) electrons. The number of hydrogen-bond acceptors (Lipinski definition) is 5. The molecule has 2 rings (SSSR count). The number of hydrogen-bond donors (Lipinski definition) is 2. The first-order chi connectivity index (χ1) is 10.0. The van der Waals surface area contributed by atoms with Gasteiger partial charge in [0, 0.05) is 30.3 Å². The first-order valence-electron chi connectivity index (χ1n) is 6.60. The van der Waals surface area contributed by atoms with Crippen molar-refractivity contribution in [1.29, 1.82) is 0 Å². The third-order valence-electron chi connectivity index (χ3n) is 3.10. The summed E-state index contributed by atoms with van der Waals surface area (Å²) in [6.07, 6.45) is 2.14. The smallest absolute Gasteiger partial charge is 0.238 e. The number of halogens is 2. The van der Waals surface area contributed by atoms with E-state index in [1.165, 1.54) is 6.20 Å². The molecule has 1 aromatic rings. The van der Waals surface area contributed by atoms with E-state index < -0.39 is 17.1 Å². The van der Waals surface area contributed by atoms with Crippen LogP contribution in [0.1, 0.15) is 12.8 Å². The van der Waals surface area contributed by atoms with Crippen LogP contribution in [0.25, 0.3) is 0 Å². The van der Waals surface area contributed by atoms with E-state index in [0.717, 1.165) is 19.5 Å². The summed E-state index contributed by atoms with van der Waals surface area (Å²) in [6, 6.07) is 1.58. The highest BCUT2D eigenvalue weighted by molar-refractivity contribution is 9.10. The van der Waals surface area contributed by atoms with Crippen LogP contribution in [-0.2, 0) is 10.9 Å². The van der Waals surface area contributed by atoms with E-state index in [1.54, 1.807) is 6.07 Å². The summed E-state index contributed by atoms with van der Waals surface area (Å²) in [7, 11) is -2.78. The number of likely N-dealkylation sites (tertiary alicyclic amines) is 1. The molecular weight excluding hydrogens is 365 g/mol. The Hall–Kier alpha value is -0.930. The second-order valence-electron chi connectivity index (χ2n) is 4.76. The predicted octanol–water partition coefficient (Wildman–Crippen LogP) is 1.60. The first kappa shape index (κ1) is 16.4. The summed E-state index contributed by atoms with van der Waals surface area (Å²) in [5.41, 5.74) is 0.297. The summed E-state index contributed by atoms with van der Waals surface area (Å²) in [5, 5.41) is 0. The number of rotatable bonds is 7. The fourth-order valence-corrected chi connectivity index (χ4v) is 2.85. The maximum absolute atomic E-state index is 13.0. The molecule has 1 saturated heterocycles. The van der Waals surface area contributed by atoms with Gasteiger partial charge >= 0.3 is 0 Å². The number of thiol groups is 1. The lowest BCUT2D eigenvalue weighted by Crippen LogP contribution is -2.23. The fraction of sp³-hybridized carbons (Fsp3) is 0.583. The zero-order valence-corrected chi connectivity index (χ0v) is 13.8. The number of nitrogens with zero attached hydrogens (tertiary/aromatic N) is 2. The molecule has 1 unspecified atom stereocenters. The van der Waals surface area contributed by atoms with Gasteiger partial charge in [0.15, 0.2) is 0 Å². The van der Waals surface area contributed by atoms with Gasteiger partial charge in [-0.05, 0) is 34.8 Å². The minimum Gasteiger partial charge on any atom is -0.476 e. The predicted molar refractivity (Wildman–Crippen MR) is 81.9 cm³/mol. The number of anilines is 1. The molecular formula is C12H17BrFN3O3S. The average molecular weight is 382 g/mol. The molecule has 1 aliphatic heterocycles. The lowest BCUT2D eigenvalue weighted by atomic mass is 10.3. The second kappa shape index (κ2) is 7.90. The molecule has 118 valence electrons. The molecule has 9 heteroatoms. The molecule has 0 bridgehead atoms. The van der Waals surface area contributed by atoms with E-state index in [-0.39, 0.29) is 5.88 Å². The van der Waals surface area contributed by atoms with Crippen molar-refractivity contribution in [3.63, 3.8) is 0 Å². The van der Waals surface area contributed by atoms with Crippen molar-refractivity contribution in [1.82, 2.24) is 9.88 Å². The van der Waals surface area contributed by atoms with Gasteiger partial charge in [-0.25, -0.2) is 17.8 Å². The van der Waals surface area contributed by atoms with E-state index in [9.17, 15) is 12.8 Å². The molecule has 21 heavy (non-hydrogen) atoms. The van der Waals surface area contributed by atoms with Crippen molar-refractivity contribution in [2.45, 2.75) is 19.0 Å². The number of nitrogens with one attached hydrogen (secondary N) is 1. The zero-order valence-electron chi connectivity index (χ0n) is 11.3. The molecule has 6 nitrogen and oxygen atoms in total. The van der Waals surface area contributed by atoms with Crippen LogP contribution >= 0.6 is 15.9 Å². The normalized spacial score (nSPS) is 19.1. The summed E-state index contributed by atoms with van der Waals surface area (Å²) in [4.78, 5) is 6.09. The molecule has 1 aliphatic rings. The van der Waals surface area contributed by atoms with Gasteiger partial charge in [-0.15, -0.1) is 0 Å². The largest absolute Gasteiger partial charge is 0.476 e. The summed E-state index contributed by atoms with van der Waals surface area (Å²) in [6.45, 7) is 2.42. The van der Waals surface area contributed by atoms with Gasteiger partial charge in [-0.2, -0.15) is 0 Å². The maximum Gasteiger partial charge on any atom is 0.238 e. The zero-order chi connectivity index (χ0) is 15.2. The molecule has 1 atom stereocenters. The van der Waals surface area contributed by atoms with Gasteiger partial charge in [0.1, 0.15) is 11.9 Å². The van der Waals surface area contributed by atoms with Crippen molar-refractivity contribution >= 4 is 32.5 Å². The summed E-state index contributed by atoms with van der Waals surface area (Å²) < 4.78 is 42.9. The highest BCUT2D eigenvalue weighted by Gasteiger charge is 2.20. The van der Waals surface area contributed by atoms with Crippen LogP contribution in [0.3, 0.4) is 0 Å². The van der Waals surface area contributed by atoms with E-state index in [2.05, 4.69) is 30.5 Å². The molecule has 0 aliphatic carbocycles.